The van der Waals surface area contributed by atoms with Crippen molar-refractivity contribution >= 4 is 22.6 Å². The van der Waals surface area contributed by atoms with E-state index in [1.54, 1.807) is 12.3 Å². The molecule has 1 amide bonds. The van der Waals surface area contributed by atoms with Crippen LogP contribution in [0.25, 0.3) is 22.2 Å². The zero-order valence-electron chi connectivity index (χ0n) is 15.0. The quantitative estimate of drug-likeness (QED) is 0.559. The molecule has 0 bridgehead atoms. The van der Waals surface area contributed by atoms with Gasteiger partial charge in [0.05, 0.1) is 11.7 Å². The largest absolute Gasteiger partial charge is 0.441 e. The van der Waals surface area contributed by atoms with E-state index in [1.807, 2.05) is 61.5 Å². The van der Waals surface area contributed by atoms with Gasteiger partial charge in [0.15, 0.2) is 11.7 Å². The first-order chi connectivity index (χ1) is 13.2. The zero-order valence-corrected chi connectivity index (χ0v) is 15.0. The van der Waals surface area contributed by atoms with E-state index in [2.05, 4.69) is 15.3 Å². The Kier molecular flexibility index (Phi) is 4.66. The van der Waals surface area contributed by atoms with Gasteiger partial charge in [0.25, 0.3) is 0 Å². The summed E-state index contributed by atoms with van der Waals surface area (Å²) in [5.41, 5.74) is 3.02. The fourth-order valence-electron chi connectivity index (χ4n) is 2.84. The molecule has 0 aliphatic heterocycles. The van der Waals surface area contributed by atoms with E-state index in [0.29, 0.717) is 23.9 Å². The SMILES string of the molecule is Cc1ccc(-c2cnc(CCC(=O)Nc3ccc4ccccc4n3)o2)cc1. The highest BCUT2D eigenvalue weighted by Crippen LogP contribution is 2.21. The maximum Gasteiger partial charge on any atom is 0.226 e. The van der Waals surface area contributed by atoms with Crippen LogP contribution in [0.3, 0.4) is 0 Å². The second-order valence-corrected chi connectivity index (χ2v) is 6.42. The van der Waals surface area contributed by atoms with Gasteiger partial charge in [-0.1, -0.05) is 48.0 Å². The highest BCUT2D eigenvalue weighted by atomic mass is 16.4. The average molecular weight is 357 g/mol. The summed E-state index contributed by atoms with van der Waals surface area (Å²) in [6, 6.07) is 19.6. The molecule has 2 aromatic heterocycles. The highest BCUT2D eigenvalue weighted by molar-refractivity contribution is 5.91. The summed E-state index contributed by atoms with van der Waals surface area (Å²) >= 11 is 0. The monoisotopic (exact) mass is 357 g/mol. The van der Waals surface area contributed by atoms with E-state index in [4.69, 9.17) is 4.42 Å². The number of hydrogen-bond acceptors (Lipinski definition) is 4. The summed E-state index contributed by atoms with van der Waals surface area (Å²) in [7, 11) is 0. The van der Waals surface area contributed by atoms with Crippen molar-refractivity contribution in [1.29, 1.82) is 0 Å². The molecule has 0 saturated heterocycles. The van der Waals surface area contributed by atoms with Crippen LogP contribution in [0.15, 0.2) is 71.3 Å². The van der Waals surface area contributed by atoms with E-state index >= 15 is 0 Å². The molecule has 0 fully saturated rings. The van der Waals surface area contributed by atoms with E-state index in [-0.39, 0.29) is 12.3 Å². The number of nitrogens with one attached hydrogen (secondary N) is 1. The van der Waals surface area contributed by atoms with E-state index in [1.165, 1.54) is 5.56 Å². The van der Waals surface area contributed by atoms with Crippen LogP contribution in [0.4, 0.5) is 5.82 Å². The Morgan fingerprint density at radius 2 is 1.85 bits per heavy atom. The molecule has 0 radical (unpaired) electrons. The van der Waals surface area contributed by atoms with Gasteiger partial charge < -0.3 is 9.73 Å². The molecule has 0 aliphatic carbocycles. The highest BCUT2D eigenvalue weighted by Gasteiger charge is 2.10. The molecule has 0 atom stereocenters. The predicted molar refractivity (Wildman–Crippen MR) is 105 cm³/mol. The topological polar surface area (TPSA) is 68.0 Å². The number of pyridine rings is 1. The van der Waals surface area contributed by atoms with Gasteiger partial charge in [0.2, 0.25) is 5.91 Å². The van der Waals surface area contributed by atoms with Crippen molar-refractivity contribution in [1.82, 2.24) is 9.97 Å². The molecule has 134 valence electrons. The molecular formula is C22H19N3O2. The van der Waals surface area contributed by atoms with Gasteiger partial charge in [-0.3, -0.25) is 4.79 Å². The van der Waals surface area contributed by atoms with Crippen molar-refractivity contribution in [3.05, 3.63) is 78.3 Å². The Balaban J connectivity index is 1.37. The van der Waals surface area contributed by atoms with Crippen LogP contribution in [-0.2, 0) is 11.2 Å². The molecule has 1 N–H and O–H groups in total. The number of hydrogen-bond donors (Lipinski definition) is 1. The molecule has 27 heavy (non-hydrogen) atoms. The number of para-hydroxylation sites is 1. The Hall–Kier alpha value is -3.47. The molecule has 0 aliphatic rings. The van der Waals surface area contributed by atoms with Crippen molar-refractivity contribution in [3.63, 3.8) is 0 Å². The predicted octanol–water partition coefficient (Wildman–Crippen LogP) is 4.77. The van der Waals surface area contributed by atoms with Crippen molar-refractivity contribution in [3.8, 4) is 11.3 Å². The maximum absolute atomic E-state index is 12.2. The summed E-state index contributed by atoms with van der Waals surface area (Å²) in [6.45, 7) is 2.04. The molecular weight excluding hydrogens is 338 g/mol. The lowest BCUT2D eigenvalue weighted by molar-refractivity contribution is -0.116. The molecule has 2 heterocycles. The molecule has 0 unspecified atom stereocenters. The summed E-state index contributed by atoms with van der Waals surface area (Å²) in [5.74, 6) is 1.69. The van der Waals surface area contributed by atoms with Crippen LogP contribution in [-0.4, -0.2) is 15.9 Å². The number of carbonyl (C=O) groups excluding carboxylic acids is 1. The lowest BCUT2D eigenvalue weighted by Gasteiger charge is -2.05. The van der Waals surface area contributed by atoms with Crippen LogP contribution in [0, 0.1) is 6.92 Å². The van der Waals surface area contributed by atoms with E-state index < -0.39 is 0 Å². The summed E-state index contributed by atoms with van der Waals surface area (Å²) in [4.78, 5) is 20.9. The Bertz CT molecular complexity index is 1080. The first-order valence-electron chi connectivity index (χ1n) is 8.85. The number of aromatic nitrogens is 2. The van der Waals surface area contributed by atoms with E-state index in [0.717, 1.165) is 16.5 Å². The third-order valence-corrected chi connectivity index (χ3v) is 4.32. The van der Waals surface area contributed by atoms with Gasteiger partial charge in [0.1, 0.15) is 5.82 Å². The van der Waals surface area contributed by atoms with Gasteiger partial charge in [-0.15, -0.1) is 0 Å². The lowest BCUT2D eigenvalue weighted by Crippen LogP contribution is -2.13. The summed E-state index contributed by atoms with van der Waals surface area (Å²) < 4.78 is 5.76. The number of amides is 1. The minimum atomic E-state index is -0.118. The van der Waals surface area contributed by atoms with E-state index in [9.17, 15) is 4.79 Å². The van der Waals surface area contributed by atoms with Gasteiger partial charge in [0, 0.05) is 23.8 Å². The maximum atomic E-state index is 12.2. The second-order valence-electron chi connectivity index (χ2n) is 6.42. The number of benzene rings is 2. The number of oxazole rings is 1. The van der Waals surface area contributed by atoms with Crippen molar-refractivity contribution in [2.75, 3.05) is 5.32 Å². The third-order valence-electron chi connectivity index (χ3n) is 4.32. The number of rotatable bonds is 5. The molecule has 4 rings (SSSR count). The Morgan fingerprint density at radius 3 is 2.70 bits per heavy atom. The summed E-state index contributed by atoms with van der Waals surface area (Å²) in [5, 5.41) is 3.87. The van der Waals surface area contributed by atoms with Crippen LogP contribution in [0.1, 0.15) is 17.9 Å². The Morgan fingerprint density at radius 1 is 1.04 bits per heavy atom. The fraction of sp³-hybridized carbons (Fsp3) is 0.136. The standard InChI is InChI=1S/C22H19N3O2/c1-15-6-8-17(9-7-15)19-14-23-22(27-19)13-12-21(26)25-20-11-10-16-4-2-3-5-18(16)24-20/h2-11,14H,12-13H2,1H3,(H,24,25,26). The second kappa shape index (κ2) is 7.41. The normalized spacial score (nSPS) is 10.9. The zero-order chi connectivity index (χ0) is 18.6. The third kappa shape index (κ3) is 4.03. The first-order valence-corrected chi connectivity index (χ1v) is 8.85. The van der Waals surface area contributed by atoms with Gasteiger partial charge in [-0.05, 0) is 25.1 Å². The number of anilines is 1. The number of aryl methyl sites for hydroxylation is 2. The number of carbonyl (C=O) groups is 1. The van der Waals surface area contributed by atoms with Crippen LogP contribution in [0.5, 0.6) is 0 Å². The Labute approximate surface area is 157 Å². The molecule has 5 heteroatoms. The molecule has 2 aromatic carbocycles. The molecule has 0 spiro atoms. The average Bonchev–Trinajstić information content (AvgIpc) is 3.16. The minimum Gasteiger partial charge on any atom is -0.441 e. The minimum absolute atomic E-state index is 0.118. The number of nitrogens with zero attached hydrogens (tertiary/aromatic N) is 2. The van der Waals surface area contributed by atoms with Crippen LogP contribution in [0.2, 0.25) is 0 Å². The smallest absolute Gasteiger partial charge is 0.226 e. The van der Waals surface area contributed by atoms with Crippen molar-refractivity contribution in [2.45, 2.75) is 19.8 Å². The van der Waals surface area contributed by atoms with Gasteiger partial charge in [-0.25, -0.2) is 9.97 Å². The first kappa shape index (κ1) is 17.0. The van der Waals surface area contributed by atoms with Gasteiger partial charge >= 0.3 is 0 Å². The molecule has 4 aromatic rings. The number of fused-ring (bicyclic) bond motifs is 1. The van der Waals surface area contributed by atoms with Crippen molar-refractivity contribution < 1.29 is 9.21 Å². The molecule has 5 nitrogen and oxygen atoms in total. The summed E-state index contributed by atoms with van der Waals surface area (Å²) in [6.07, 6.45) is 2.41. The van der Waals surface area contributed by atoms with Crippen molar-refractivity contribution in [2.24, 2.45) is 0 Å². The van der Waals surface area contributed by atoms with Gasteiger partial charge in [-0.2, -0.15) is 0 Å². The fourth-order valence-corrected chi connectivity index (χ4v) is 2.84. The van der Waals surface area contributed by atoms with Crippen LogP contribution >= 0.6 is 0 Å². The lowest BCUT2D eigenvalue weighted by atomic mass is 10.1. The van der Waals surface area contributed by atoms with Crippen LogP contribution < -0.4 is 5.32 Å². The molecule has 0 saturated carbocycles.